The molecule has 0 amide bonds. The Morgan fingerprint density at radius 3 is 2.50 bits per heavy atom. The van der Waals surface area contributed by atoms with E-state index in [1.54, 1.807) is 13.0 Å². The zero-order chi connectivity index (χ0) is 4.83. The van der Waals surface area contributed by atoms with Gasteiger partial charge in [-0.2, -0.15) is 5.26 Å². The molecule has 0 saturated carbocycles. The number of hydrogen-bond donors (Lipinski definition) is 0. The molecule has 1 heteroatoms. The van der Waals surface area contributed by atoms with Gasteiger partial charge in [0.2, 0.25) is 0 Å². The first kappa shape index (κ1) is 5.05. The molecular formula is C5H4N. The summed E-state index contributed by atoms with van der Waals surface area (Å²) < 4.78 is 0. The van der Waals surface area contributed by atoms with Crippen molar-refractivity contribution < 1.29 is 0 Å². The Bertz CT molecular complexity index is 108. The Morgan fingerprint density at radius 2 is 2.33 bits per heavy atom. The molecule has 0 atom stereocenters. The van der Waals surface area contributed by atoms with Crippen LogP contribution in [0.1, 0.15) is 6.92 Å². The van der Waals surface area contributed by atoms with Crippen molar-refractivity contribution in [1.29, 1.82) is 5.26 Å². The Balaban J connectivity index is 3.07. The van der Waals surface area contributed by atoms with E-state index in [-0.39, 0.29) is 0 Å². The van der Waals surface area contributed by atoms with Crippen molar-refractivity contribution in [2.75, 3.05) is 0 Å². The summed E-state index contributed by atoms with van der Waals surface area (Å²) in [6.07, 6.45) is 1.25. The van der Waals surface area contributed by atoms with Crippen molar-refractivity contribution in [2.24, 2.45) is 0 Å². The number of hydrogen-bond acceptors (Lipinski definition) is 1. The molecule has 29 valence electrons. The van der Waals surface area contributed by atoms with E-state index in [0.717, 1.165) is 0 Å². The van der Waals surface area contributed by atoms with E-state index >= 15 is 0 Å². The van der Waals surface area contributed by atoms with E-state index in [0.29, 0.717) is 0 Å². The number of rotatable bonds is 0. The number of nitrogens with zero attached hydrogens (tertiary/aromatic N) is 1. The van der Waals surface area contributed by atoms with Gasteiger partial charge in [-0.3, -0.25) is 0 Å². The van der Waals surface area contributed by atoms with Crippen LogP contribution < -0.4 is 0 Å². The van der Waals surface area contributed by atoms with E-state index in [9.17, 15) is 0 Å². The van der Waals surface area contributed by atoms with E-state index in [2.05, 4.69) is 11.8 Å². The average molecular weight is 78.1 g/mol. The first-order valence-electron chi connectivity index (χ1n) is 1.55. The molecule has 1 radical (unpaired) electrons. The highest BCUT2D eigenvalue weighted by molar-refractivity contribution is 5.17. The van der Waals surface area contributed by atoms with Crippen LogP contribution >= 0.6 is 0 Å². The van der Waals surface area contributed by atoms with E-state index in [1.165, 1.54) is 6.42 Å². The van der Waals surface area contributed by atoms with Gasteiger partial charge < -0.3 is 0 Å². The van der Waals surface area contributed by atoms with Gasteiger partial charge in [-0.05, 0) is 6.92 Å². The second kappa shape index (κ2) is 4.05. The van der Waals surface area contributed by atoms with Gasteiger partial charge >= 0.3 is 0 Å². The van der Waals surface area contributed by atoms with Crippen LogP contribution in [0.3, 0.4) is 0 Å². The lowest BCUT2D eigenvalue weighted by molar-refractivity contribution is 1.51. The fourth-order valence-electron chi connectivity index (χ4n) is 0.104. The molecule has 0 rings (SSSR count). The van der Waals surface area contributed by atoms with E-state index in [4.69, 9.17) is 5.26 Å². The van der Waals surface area contributed by atoms with Crippen LogP contribution in [0.25, 0.3) is 0 Å². The Morgan fingerprint density at radius 1 is 1.67 bits per heavy atom. The predicted octanol–water partition coefficient (Wildman–Crippen LogP) is 0.738. The molecule has 0 spiro atoms. The minimum Gasteiger partial charge on any atom is -0.197 e. The van der Waals surface area contributed by atoms with E-state index in [1.807, 2.05) is 0 Å². The molecule has 0 N–H and O–H groups in total. The van der Waals surface area contributed by atoms with Crippen LogP contribution in [0, 0.1) is 29.6 Å². The molecule has 0 fully saturated rings. The summed E-state index contributed by atoms with van der Waals surface area (Å²) >= 11 is 0. The maximum absolute atomic E-state index is 7.79. The minimum absolute atomic E-state index is 1.25. The van der Waals surface area contributed by atoms with Crippen molar-refractivity contribution in [2.45, 2.75) is 6.92 Å². The van der Waals surface area contributed by atoms with Gasteiger partial charge in [-0.25, -0.2) is 0 Å². The predicted molar refractivity (Wildman–Crippen MR) is 23.4 cm³/mol. The standard InChI is InChI=1S/C5H4N/c1-2-3-4-5-6/h4H,1H3. The van der Waals surface area contributed by atoms with Crippen LogP contribution in [-0.2, 0) is 0 Å². The summed E-state index contributed by atoms with van der Waals surface area (Å²) in [7, 11) is 0. The van der Waals surface area contributed by atoms with Crippen LogP contribution in [0.15, 0.2) is 0 Å². The topological polar surface area (TPSA) is 23.8 Å². The van der Waals surface area contributed by atoms with Gasteiger partial charge in [-0.1, -0.05) is 5.92 Å². The van der Waals surface area contributed by atoms with Gasteiger partial charge in [0.25, 0.3) is 0 Å². The van der Waals surface area contributed by atoms with Crippen molar-refractivity contribution in [1.82, 2.24) is 0 Å². The summed E-state index contributed by atoms with van der Waals surface area (Å²) in [5.74, 6) is 5.00. The summed E-state index contributed by atoms with van der Waals surface area (Å²) in [6, 6.07) is 1.77. The highest BCUT2D eigenvalue weighted by atomic mass is 14.2. The molecule has 0 unspecified atom stereocenters. The van der Waals surface area contributed by atoms with Gasteiger partial charge in [0.1, 0.15) is 6.42 Å². The van der Waals surface area contributed by atoms with Crippen molar-refractivity contribution in [3.8, 4) is 17.9 Å². The molecular weight excluding hydrogens is 74.1 g/mol. The Labute approximate surface area is 37.6 Å². The molecule has 0 heterocycles. The third-order valence-corrected chi connectivity index (χ3v) is 0.281. The zero-order valence-corrected chi connectivity index (χ0v) is 3.52. The molecule has 0 aromatic carbocycles. The average Bonchev–Trinajstić information content (AvgIpc) is 1.61. The summed E-state index contributed by atoms with van der Waals surface area (Å²) in [5.41, 5.74) is 0. The van der Waals surface area contributed by atoms with Crippen LogP contribution in [0.4, 0.5) is 0 Å². The van der Waals surface area contributed by atoms with Crippen molar-refractivity contribution in [3.05, 3.63) is 6.42 Å². The zero-order valence-electron chi connectivity index (χ0n) is 3.52. The van der Waals surface area contributed by atoms with Crippen LogP contribution in [0.2, 0.25) is 0 Å². The fraction of sp³-hybridized carbons (Fsp3) is 0.200. The first-order valence-corrected chi connectivity index (χ1v) is 1.55. The molecule has 0 saturated heterocycles. The lowest BCUT2D eigenvalue weighted by atomic mass is 10.5. The van der Waals surface area contributed by atoms with Gasteiger partial charge in [0, 0.05) is 0 Å². The van der Waals surface area contributed by atoms with Crippen molar-refractivity contribution >= 4 is 0 Å². The quantitative estimate of drug-likeness (QED) is 0.392. The monoisotopic (exact) mass is 78.0 g/mol. The SMILES string of the molecule is CC#C[CH]C#N. The molecule has 0 aliphatic carbocycles. The summed E-state index contributed by atoms with van der Waals surface area (Å²) in [4.78, 5) is 0. The maximum Gasteiger partial charge on any atom is 0.134 e. The number of nitriles is 1. The molecule has 6 heavy (non-hydrogen) atoms. The van der Waals surface area contributed by atoms with Crippen LogP contribution in [-0.4, -0.2) is 0 Å². The third-order valence-electron chi connectivity index (χ3n) is 0.281. The second-order valence-corrected chi connectivity index (χ2v) is 0.668. The molecule has 0 aromatic heterocycles. The summed E-state index contributed by atoms with van der Waals surface area (Å²) in [5, 5.41) is 7.79. The highest BCUT2D eigenvalue weighted by Crippen LogP contribution is 1.61. The Hall–Kier alpha value is -0.950. The lowest BCUT2D eigenvalue weighted by Crippen LogP contribution is -1.53. The third kappa shape index (κ3) is 3.05. The maximum atomic E-state index is 7.79. The second-order valence-electron chi connectivity index (χ2n) is 0.668. The minimum atomic E-state index is 1.25. The fourth-order valence-corrected chi connectivity index (χ4v) is 0.104. The van der Waals surface area contributed by atoms with Crippen molar-refractivity contribution in [3.63, 3.8) is 0 Å². The first-order chi connectivity index (χ1) is 2.91. The lowest BCUT2D eigenvalue weighted by Gasteiger charge is -1.55. The van der Waals surface area contributed by atoms with Gasteiger partial charge in [-0.15, -0.1) is 5.92 Å². The largest absolute Gasteiger partial charge is 0.197 e. The molecule has 0 aliphatic heterocycles. The van der Waals surface area contributed by atoms with Gasteiger partial charge in [0.15, 0.2) is 0 Å². The van der Waals surface area contributed by atoms with Crippen LogP contribution in [0.5, 0.6) is 0 Å². The molecule has 0 bridgehead atoms. The molecule has 1 nitrogen and oxygen atoms in total. The smallest absolute Gasteiger partial charge is 0.134 e. The normalized spacial score (nSPS) is 4.67. The molecule has 0 aliphatic rings. The summed E-state index contributed by atoms with van der Waals surface area (Å²) in [6.45, 7) is 1.69. The molecule has 0 aromatic rings. The van der Waals surface area contributed by atoms with Gasteiger partial charge in [0.05, 0.1) is 6.07 Å². The highest BCUT2D eigenvalue weighted by Gasteiger charge is 1.61. The van der Waals surface area contributed by atoms with E-state index < -0.39 is 0 Å². The Kier molecular flexibility index (Phi) is 3.41.